The average molecular weight is 326 g/mol. The highest BCUT2D eigenvalue weighted by Gasteiger charge is 2.19. The zero-order chi connectivity index (χ0) is 16.8. The molecule has 3 N–H and O–H groups in total. The largest absolute Gasteiger partial charge is 0.396 e. The van der Waals surface area contributed by atoms with Crippen LogP contribution >= 0.6 is 0 Å². The van der Waals surface area contributed by atoms with Crippen LogP contribution in [0, 0.1) is 5.92 Å². The number of rotatable bonds is 6. The highest BCUT2D eigenvalue weighted by molar-refractivity contribution is 5.74. The molecule has 3 rings (SSSR count). The number of nitrogens with zero attached hydrogens (tertiary/aromatic N) is 2. The van der Waals surface area contributed by atoms with Crippen LogP contribution in [0.3, 0.4) is 0 Å². The number of amides is 2. The second-order valence-electron chi connectivity index (χ2n) is 6.05. The number of carbonyl (C=O) groups excluding carboxylic acids is 1. The first-order valence-electron chi connectivity index (χ1n) is 8.10. The average Bonchev–Trinajstić information content (AvgIpc) is 3.25. The summed E-state index contributed by atoms with van der Waals surface area (Å²) >= 11 is 0. The molecular formula is C18H22N4O2. The van der Waals surface area contributed by atoms with Crippen LogP contribution in [0.15, 0.2) is 55.1 Å². The van der Waals surface area contributed by atoms with Crippen LogP contribution in [-0.2, 0) is 13.1 Å². The molecule has 6 nitrogen and oxygen atoms in total. The van der Waals surface area contributed by atoms with Gasteiger partial charge in [0.25, 0.3) is 0 Å². The van der Waals surface area contributed by atoms with Gasteiger partial charge in [0, 0.05) is 44.0 Å². The summed E-state index contributed by atoms with van der Waals surface area (Å²) in [6.07, 6.45) is 10.1. The van der Waals surface area contributed by atoms with Gasteiger partial charge in [-0.3, -0.25) is 0 Å². The maximum atomic E-state index is 12.0. The number of benzene rings is 1. The van der Waals surface area contributed by atoms with E-state index in [2.05, 4.69) is 27.8 Å². The van der Waals surface area contributed by atoms with Crippen molar-refractivity contribution in [1.29, 1.82) is 0 Å². The summed E-state index contributed by atoms with van der Waals surface area (Å²) in [5.74, 6) is 0.148. The number of hydrogen-bond donors (Lipinski definition) is 3. The Balaban J connectivity index is 1.48. The summed E-state index contributed by atoms with van der Waals surface area (Å²) < 4.78 is 2.00. The van der Waals surface area contributed by atoms with Crippen molar-refractivity contribution in [2.24, 2.45) is 5.92 Å². The van der Waals surface area contributed by atoms with E-state index in [1.54, 1.807) is 12.5 Å². The summed E-state index contributed by atoms with van der Waals surface area (Å²) in [6, 6.07) is 7.93. The van der Waals surface area contributed by atoms with E-state index < -0.39 is 0 Å². The number of aliphatic hydroxyl groups excluding tert-OH is 1. The van der Waals surface area contributed by atoms with Crippen LogP contribution in [0.4, 0.5) is 4.79 Å². The van der Waals surface area contributed by atoms with Gasteiger partial charge in [0.05, 0.1) is 6.33 Å². The molecule has 1 aliphatic carbocycles. The Hall–Kier alpha value is -2.60. The van der Waals surface area contributed by atoms with Gasteiger partial charge in [-0.15, -0.1) is 0 Å². The molecule has 2 amide bonds. The summed E-state index contributed by atoms with van der Waals surface area (Å²) in [5, 5.41) is 14.9. The van der Waals surface area contributed by atoms with Gasteiger partial charge in [-0.2, -0.15) is 0 Å². The molecule has 0 bridgehead atoms. The Morgan fingerprint density at radius 1 is 1.33 bits per heavy atom. The third kappa shape index (κ3) is 4.45. The predicted molar refractivity (Wildman–Crippen MR) is 91.3 cm³/mol. The Labute approximate surface area is 141 Å². The summed E-state index contributed by atoms with van der Waals surface area (Å²) in [7, 11) is 0. The molecule has 126 valence electrons. The number of imidazole rings is 1. The molecule has 1 aromatic carbocycles. The van der Waals surface area contributed by atoms with Crippen LogP contribution in [0.5, 0.6) is 0 Å². The molecule has 0 unspecified atom stereocenters. The molecule has 0 saturated heterocycles. The van der Waals surface area contributed by atoms with E-state index in [1.165, 1.54) is 0 Å². The van der Waals surface area contributed by atoms with Crippen molar-refractivity contribution in [3.8, 4) is 0 Å². The van der Waals surface area contributed by atoms with Crippen LogP contribution in [0.1, 0.15) is 17.5 Å². The van der Waals surface area contributed by atoms with E-state index in [9.17, 15) is 4.79 Å². The first kappa shape index (κ1) is 16.3. The van der Waals surface area contributed by atoms with Crippen molar-refractivity contribution >= 4 is 6.03 Å². The molecule has 1 aromatic heterocycles. The topological polar surface area (TPSA) is 79.2 Å². The van der Waals surface area contributed by atoms with E-state index in [4.69, 9.17) is 5.11 Å². The maximum Gasteiger partial charge on any atom is 0.315 e. The number of urea groups is 1. The number of aromatic nitrogens is 2. The van der Waals surface area contributed by atoms with E-state index in [1.807, 2.05) is 35.0 Å². The fraction of sp³-hybridized carbons (Fsp3) is 0.333. The van der Waals surface area contributed by atoms with Crippen molar-refractivity contribution < 1.29 is 9.90 Å². The molecule has 1 heterocycles. The van der Waals surface area contributed by atoms with Gasteiger partial charge in [-0.05, 0) is 17.5 Å². The Morgan fingerprint density at radius 2 is 2.21 bits per heavy atom. The minimum Gasteiger partial charge on any atom is -0.396 e. The van der Waals surface area contributed by atoms with Crippen LogP contribution < -0.4 is 10.6 Å². The lowest BCUT2D eigenvalue weighted by Gasteiger charge is -2.14. The lowest BCUT2D eigenvalue weighted by Crippen LogP contribution is -2.40. The quantitative estimate of drug-likeness (QED) is 0.707. The Kier molecular flexibility index (Phi) is 5.28. The van der Waals surface area contributed by atoms with Crippen molar-refractivity contribution in [3.63, 3.8) is 0 Å². The molecule has 0 spiro atoms. The first-order valence-corrected chi connectivity index (χ1v) is 8.10. The highest BCUT2D eigenvalue weighted by Crippen LogP contribution is 2.16. The molecule has 24 heavy (non-hydrogen) atoms. The van der Waals surface area contributed by atoms with Crippen molar-refractivity contribution in [2.45, 2.75) is 25.6 Å². The first-order chi connectivity index (χ1) is 11.7. The molecule has 2 aromatic rings. The Morgan fingerprint density at radius 3 is 2.96 bits per heavy atom. The zero-order valence-electron chi connectivity index (χ0n) is 13.4. The van der Waals surface area contributed by atoms with Crippen molar-refractivity contribution in [1.82, 2.24) is 20.2 Å². The fourth-order valence-corrected chi connectivity index (χ4v) is 2.85. The van der Waals surface area contributed by atoms with Gasteiger partial charge in [0.15, 0.2) is 0 Å². The van der Waals surface area contributed by atoms with Gasteiger partial charge in [-0.25, -0.2) is 9.78 Å². The molecule has 6 heteroatoms. The minimum absolute atomic E-state index is 0.00488. The lowest BCUT2D eigenvalue weighted by molar-refractivity contribution is 0.231. The summed E-state index contributed by atoms with van der Waals surface area (Å²) in [6.45, 7) is 1.36. The van der Waals surface area contributed by atoms with Gasteiger partial charge in [0.1, 0.15) is 0 Å². The summed E-state index contributed by atoms with van der Waals surface area (Å²) in [4.78, 5) is 16.0. The normalized spacial score (nSPS) is 19.4. The second kappa shape index (κ2) is 7.79. The monoisotopic (exact) mass is 326 g/mol. The van der Waals surface area contributed by atoms with E-state index >= 15 is 0 Å². The molecule has 0 fully saturated rings. The van der Waals surface area contributed by atoms with Gasteiger partial charge in [-0.1, -0.05) is 36.4 Å². The van der Waals surface area contributed by atoms with Gasteiger partial charge >= 0.3 is 6.03 Å². The van der Waals surface area contributed by atoms with Crippen LogP contribution in [0.2, 0.25) is 0 Å². The minimum atomic E-state index is -0.191. The van der Waals surface area contributed by atoms with E-state index in [0.29, 0.717) is 6.54 Å². The number of nitrogens with one attached hydrogen (secondary N) is 2. The zero-order valence-corrected chi connectivity index (χ0v) is 13.4. The van der Waals surface area contributed by atoms with Crippen molar-refractivity contribution in [3.05, 3.63) is 66.3 Å². The van der Waals surface area contributed by atoms with E-state index in [-0.39, 0.29) is 24.6 Å². The molecule has 0 aliphatic heterocycles. The highest BCUT2D eigenvalue weighted by atomic mass is 16.3. The van der Waals surface area contributed by atoms with Crippen LogP contribution in [-0.4, -0.2) is 33.3 Å². The molecule has 1 aliphatic rings. The molecule has 2 atom stereocenters. The Bertz CT molecular complexity index is 697. The predicted octanol–water partition coefficient (Wildman–Crippen LogP) is 1.67. The second-order valence-corrected chi connectivity index (χ2v) is 6.05. The summed E-state index contributed by atoms with van der Waals surface area (Å²) in [5.41, 5.74) is 2.22. The lowest BCUT2D eigenvalue weighted by atomic mass is 10.1. The van der Waals surface area contributed by atoms with E-state index in [0.717, 1.165) is 24.1 Å². The van der Waals surface area contributed by atoms with Crippen LogP contribution in [0.25, 0.3) is 0 Å². The number of aliphatic hydroxyl groups is 1. The smallest absolute Gasteiger partial charge is 0.315 e. The molecule has 0 saturated carbocycles. The molecular weight excluding hydrogens is 304 g/mol. The van der Waals surface area contributed by atoms with Gasteiger partial charge in [0.2, 0.25) is 0 Å². The third-order valence-electron chi connectivity index (χ3n) is 4.09. The fourth-order valence-electron chi connectivity index (χ4n) is 2.85. The number of carbonyl (C=O) groups is 1. The standard InChI is InChI=1S/C18H22N4O2/c23-12-16-4-5-17(9-16)21-18(24)20-10-14-2-1-3-15(8-14)11-22-7-6-19-13-22/h1-8,13,16-17,23H,9-12H2,(H2,20,21,24)/t16-,17+/m0/s1. The van der Waals surface area contributed by atoms with Gasteiger partial charge < -0.3 is 20.3 Å². The SMILES string of the molecule is O=C(NCc1cccc(Cn2ccnc2)c1)N[C@@H]1C=C[C@H](CO)C1. The number of hydrogen-bond acceptors (Lipinski definition) is 3. The molecule has 0 radical (unpaired) electrons. The third-order valence-corrected chi connectivity index (χ3v) is 4.09. The maximum absolute atomic E-state index is 12.0. The van der Waals surface area contributed by atoms with Crippen molar-refractivity contribution in [2.75, 3.05) is 6.61 Å².